The monoisotopic (exact) mass is 348 g/mol. The fourth-order valence-electron chi connectivity index (χ4n) is 1.34. The third-order valence-corrected chi connectivity index (χ3v) is 2.88. The van der Waals surface area contributed by atoms with Gasteiger partial charge in [0.1, 0.15) is 12.4 Å². The Morgan fingerprint density at radius 2 is 2.15 bits per heavy atom. The van der Waals surface area contributed by atoms with Crippen LogP contribution in [0.15, 0.2) is 16.6 Å². The molecule has 1 aromatic rings. The highest BCUT2D eigenvalue weighted by atomic mass is 79.9. The van der Waals surface area contributed by atoms with Gasteiger partial charge in [0.25, 0.3) is 0 Å². The maximum atomic E-state index is 13.3. The number of nitrogens with one attached hydrogen (secondary N) is 2. The molecule has 110 valence electrons. The van der Waals surface area contributed by atoms with Crippen molar-refractivity contribution in [2.45, 2.75) is 6.92 Å². The minimum Gasteiger partial charge on any atom is -0.480 e. The summed E-state index contributed by atoms with van der Waals surface area (Å²) >= 11 is 3.05. The number of hydrogen-bond acceptors (Lipinski definition) is 3. The average molecular weight is 349 g/mol. The number of aryl methyl sites for hydroxylation is 1. The number of ether oxygens (including phenoxy) is 1. The molecule has 0 unspecified atom stereocenters. The lowest BCUT2D eigenvalue weighted by molar-refractivity contribution is -0.142. The zero-order valence-corrected chi connectivity index (χ0v) is 12.3. The van der Waals surface area contributed by atoms with Crippen LogP contribution in [0.5, 0.6) is 0 Å². The molecule has 1 aromatic carbocycles. The van der Waals surface area contributed by atoms with Crippen LogP contribution in [0.25, 0.3) is 0 Å². The topological polar surface area (TPSA) is 87.7 Å². The minimum absolute atomic E-state index is 0.0768. The molecule has 2 amide bonds. The van der Waals surface area contributed by atoms with Crippen molar-refractivity contribution in [1.82, 2.24) is 5.32 Å². The van der Waals surface area contributed by atoms with Crippen LogP contribution in [0.2, 0.25) is 0 Å². The zero-order chi connectivity index (χ0) is 15.1. The lowest BCUT2D eigenvalue weighted by atomic mass is 10.2. The SMILES string of the molecule is Cc1cc(Br)c(F)cc1NC(=O)NCCOCC(=O)O. The standard InChI is InChI=1S/C12H14BrFN2O4/c1-7-4-8(13)9(14)5-10(7)16-12(19)15-2-3-20-6-11(17)18/h4-5H,2-3,6H2,1H3,(H,17,18)(H2,15,16,19). The number of carboxylic acid groups (broad SMARTS) is 1. The first-order valence-electron chi connectivity index (χ1n) is 5.70. The molecule has 0 spiro atoms. The number of carbonyl (C=O) groups excluding carboxylic acids is 1. The lowest BCUT2D eigenvalue weighted by Crippen LogP contribution is -2.32. The zero-order valence-electron chi connectivity index (χ0n) is 10.7. The van der Waals surface area contributed by atoms with E-state index >= 15 is 0 Å². The number of rotatable bonds is 6. The molecule has 0 aliphatic rings. The molecule has 0 saturated heterocycles. The predicted molar refractivity (Wildman–Crippen MR) is 74.3 cm³/mol. The van der Waals surface area contributed by atoms with Gasteiger partial charge in [0, 0.05) is 12.2 Å². The smallest absolute Gasteiger partial charge is 0.329 e. The number of hydrogen-bond donors (Lipinski definition) is 3. The Balaban J connectivity index is 2.39. The number of amides is 2. The summed E-state index contributed by atoms with van der Waals surface area (Å²) in [6.07, 6.45) is 0. The van der Waals surface area contributed by atoms with Gasteiger partial charge in [-0.1, -0.05) is 0 Å². The highest BCUT2D eigenvalue weighted by Crippen LogP contribution is 2.23. The second kappa shape index (κ2) is 7.81. The van der Waals surface area contributed by atoms with Crippen LogP contribution >= 0.6 is 15.9 Å². The predicted octanol–water partition coefficient (Wildman–Crippen LogP) is 2.12. The lowest BCUT2D eigenvalue weighted by Gasteiger charge is -2.10. The van der Waals surface area contributed by atoms with E-state index < -0.39 is 24.4 Å². The summed E-state index contributed by atoms with van der Waals surface area (Å²) in [6.45, 7) is 1.54. The average Bonchev–Trinajstić information content (AvgIpc) is 2.35. The maximum Gasteiger partial charge on any atom is 0.329 e. The van der Waals surface area contributed by atoms with Crippen molar-refractivity contribution in [3.8, 4) is 0 Å². The Morgan fingerprint density at radius 1 is 1.45 bits per heavy atom. The molecular formula is C12H14BrFN2O4. The fraction of sp³-hybridized carbons (Fsp3) is 0.333. The summed E-state index contributed by atoms with van der Waals surface area (Å²) in [4.78, 5) is 21.7. The Hall–Kier alpha value is -1.67. The molecular weight excluding hydrogens is 335 g/mol. The number of benzene rings is 1. The van der Waals surface area contributed by atoms with E-state index in [2.05, 4.69) is 26.6 Å². The summed E-state index contributed by atoms with van der Waals surface area (Å²) in [5.74, 6) is -1.55. The third kappa shape index (κ3) is 5.54. The summed E-state index contributed by atoms with van der Waals surface area (Å²) in [5.41, 5.74) is 1.06. The van der Waals surface area contributed by atoms with Crippen molar-refractivity contribution in [3.05, 3.63) is 28.0 Å². The van der Waals surface area contributed by atoms with E-state index in [-0.39, 0.29) is 13.2 Å². The Bertz CT molecular complexity index is 510. The van der Waals surface area contributed by atoms with E-state index in [1.54, 1.807) is 13.0 Å². The molecule has 8 heteroatoms. The third-order valence-electron chi connectivity index (χ3n) is 2.27. The first-order valence-corrected chi connectivity index (χ1v) is 6.49. The highest BCUT2D eigenvalue weighted by Gasteiger charge is 2.08. The van der Waals surface area contributed by atoms with Crippen molar-refractivity contribution >= 4 is 33.6 Å². The van der Waals surface area contributed by atoms with Crippen LogP contribution in [0.3, 0.4) is 0 Å². The summed E-state index contributed by atoms with van der Waals surface area (Å²) in [5, 5.41) is 13.3. The molecule has 0 saturated carbocycles. The number of anilines is 1. The second-order valence-corrected chi connectivity index (χ2v) is 4.76. The molecule has 20 heavy (non-hydrogen) atoms. The number of carboxylic acids is 1. The molecule has 0 radical (unpaired) electrons. The summed E-state index contributed by atoms with van der Waals surface area (Å²) in [6, 6.07) is 2.25. The quantitative estimate of drug-likeness (QED) is 0.687. The van der Waals surface area contributed by atoms with Crippen molar-refractivity contribution in [3.63, 3.8) is 0 Å². The fourth-order valence-corrected chi connectivity index (χ4v) is 1.80. The van der Waals surface area contributed by atoms with Crippen molar-refractivity contribution < 1.29 is 23.8 Å². The van der Waals surface area contributed by atoms with Gasteiger partial charge in [-0.05, 0) is 40.5 Å². The van der Waals surface area contributed by atoms with Gasteiger partial charge < -0.3 is 20.5 Å². The molecule has 0 aliphatic carbocycles. The Kier molecular flexibility index (Phi) is 6.40. The highest BCUT2D eigenvalue weighted by molar-refractivity contribution is 9.10. The maximum absolute atomic E-state index is 13.3. The van der Waals surface area contributed by atoms with E-state index in [1.165, 1.54) is 6.07 Å². The van der Waals surface area contributed by atoms with Gasteiger partial charge in [-0.15, -0.1) is 0 Å². The van der Waals surface area contributed by atoms with Crippen LogP contribution in [0, 0.1) is 12.7 Å². The minimum atomic E-state index is -1.07. The van der Waals surface area contributed by atoms with Gasteiger partial charge in [0.15, 0.2) is 0 Å². The molecule has 0 fully saturated rings. The van der Waals surface area contributed by atoms with Gasteiger partial charge >= 0.3 is 12.0 Å². The molecule has 0 aliphatic heterocycles. The molecule has 0 aromatic heterocycles. The molecule has 6 nitrogen and oxygen atoms in total. The molecule has 0 bridgehead atoms. The van der Waals surface area contributed by atoms with Gasteiger partial charge in [0.2, 0.25) is 0 Å². The van der Waals surface area contributed by atoms with Gasteiger partial charge in [0.05, 0.1) is 11.1 Å². The number of halogens is 2. The number of aliphatic carboxylic acids is 1. The normalized spacial score (nSPS) is 10.2. The Morgan fingerprint density at radius 3 is 2.80 bits per heavy atom. The van der Waals surface area contributed by atoms with E-state index in [0.717, 1.165) is 0 Å². The molecule has 0 atom stereocenters. The van der Waals surface area contributed by atoms with E-state index in [9.17, 15) is 14.0 Å². The first kappa shape index (κ1) is 16.4. The molecule has 0 heterocycles. The summed E-state index contributed by atoms with van der Waals surface area (Å²) in [7, 11) is 0. The van der Waals surface area contributed by atoms with Gasteiger partial charge in [-0.25, -0.2) is 14.0 Å². The first-order chi connectivity index (χ1) is 9.40. The van der Waals surface area contributed by atoms with Crippen molar-refractivity contribution in [2.75, 3.05) is 25.1 Å². The van der Waals surface area contributed by atoms with Crippen molar-refractivity contribution in [2.24, 2.45) is 0 Å². The van der Waals surface area contributed by atoms with Crippen LogP contribution in [-0.2, 0) is 9.53 Å². The van der Waals surface area contributed by atoms with E-state index in [4.69, 9.17) is 9.84 Å². The summed E-state index contributed by atoms with van der Waals surface area (Å²) < 4.78 is 18.4. The molecule has 1 rings (SSSR count). The van der Waals surface area contributed by atoms with E-state index in [1.807, 2.05) is 0 Å². The Labute approximate surface area is 123 Å². The van der Waals surface area contributed by atoms with Crippen LogP contribution in [0.4, 0.5) is 14.9 Å². The number of carbonyl (C=O) groups is 2. The molecule has 3 N–H and O–H groups in total. The van der Waals surface area contributed by atoms with Crippen LogP contribution < -0.4 is 10.6 Å². The number of urea groups is 1. The van der Waals surface area contributed by atoms with Crippen molar-refractivity contribution in [1.29, 1.82) is 0 Å². The van der Waals surface area contributed by atoms with Crippen LogP contribution in [0.1, 0.15) is 5.56 Å². The largest absolute Gasteiger partial charge is 0.480 e. The van der Waals surface area contributed by atoms with Crippen LogP contribution in [-0.4, -0.2) is 36.9 Å². The van der Waals surface area contributed by atoms with Gasteiger partial charge in [-0.2, -0.15) is 0 Å². The van der Waals surface area contributed by atoms with E-state index in [0.29, 0.717) is 15.7 Å². The second-order valence-electron chi connectivity index (χ2n) is 3.91. The van der Waals surface area contributed by atoms with Gasteiger partial charge in [-0.3, -0.25) is 0 Å².